The largest absolute Gasteiger partial charge is 0.478 e. The van der Waals surface area contributed by atoms with Gasteiger partial charge in [-0.15, -0.1) is 0 Å². The van der Waals surface area contributed by atoms with E-state index in [0.717, 1.165) is 0 Å². The van der Waals surface area contributed by atoms with E-state index in [1.54, 1.807) is 31.3 Å². The molecule has 108 valence electrons. The van der Waals surface area contributed by atoms with Crippen LogP contribution in [0.1, 0.15) is 26.3 Å². The van der Waals surface area contributed by atoms with Gasteiger partial charge in [0.1, 0.15) is 5.82 Å². The molecule has 0 bridgehead atoms. The monoisotopic (exact) mass is 287 g/mol. The summed E-state index contributed by atoms with van der Waals surface area (Å²) in [5.41, 5.74) is 0.705. The first kappa shape index (κ1) is 14.7. The van der Waals surface area contributed by atoms with Gasteiger partial charge in [-0.2, -0.15) is 0 Å². The lowest BCUT2D eigenvalue weighted by Gasteiger charge is -2.18. The van der Waals surface area contributed by atoms with Crippen LogP contribution < -0.4 is 0 Å². The predicted octanol–water partition coefficient (Wildman–Crippen LogP) is 2.80. The minimum Gasteiger partial charge on any atom is -0.478 e. The minimum absolute atomic E-state index is 0.0476. The van der Waals surface area contributed by atoms with Gasteiger partial charge in [-0.3, -0.25) is 4.79 Å². The Morgan fingerprint density at radius 1 is 1.10 bits per heavy atom. The summed E-state index contributed by atoms with van der Waals surface area (Å²) in [4.78, 5) is 24.8. The van der Waals surface area contributed by atoms with Gasteiger partial charge < -0.3 is 10.0 Å². The number of rotatable bonds is 4. The van der Waals surface area contributed by atoms with Crippen LogP contribution in [0.5, 0.6) is 0 Å². The maximum absolute atomic E-state index is 13.1. The number of hydrogen-bond acceptors (Lipinski definition) is 2. The van der Waals surface area contributed by atoms with Crippen molar-refractivity contribution in [3.8, 4) is 0 Å². The van der Waals surface area contributed by atoms with Crippen LogP contribution >= 0.6 is 0 Å². The molecule has 2 aromatic rings. The molecule has 21 heavy (non-hydrogen) atoms. The van der Waals surface area contributed by atoms with Crippen molar-refractivity contribution in [1.29, 1.82) is 0 Å². The van der Waals surface area contributed by atoms with Crippen LogP contribution in [0.15, 0.2) is 48.5 Å². The highest BCUT2D eigenvalue weighted by molar-refractivity contribution is 6.04. The SMILES string of the molecule is CN(Cc1cccc(F)c1)C(=O)c1ccccc1C(=O)O. The van der Waals surface area contributed by atoms with Gasteiger partial charge in [0.05, 0.1) is 11.1 Å². The minimum atomic E-state index is -1.15. The van der Waals surface area contributed by atoms with E-state index < -0.39 is 11.9 Å². The molecule has 0 fully saturated rings. The van der Waals surface area contributed by atoms with Crippen molar-refractivity contribution in [3.05, 3.63) is 71.0 Å². The lowest BCUT2D eigenvalue weighted by molar-refractivity contribution is 0.0680. The zero-order chi connectivity index (χ0) is 15.4. The molecule has 2 rings (SSSR count). The normalized spacial score (nSPS) is 10.2. The number of benzene rings is 2. The maximum atomic E-state index is 13.1. The summed E-state index contributed by atoms with van der Waals surface area (Å²) in [6.07, 6.45) is 0. The Morgan fingerprint density at radius 3 is 2.38 bits per heavy atom. The molecule has 0 aliphatic heterocycles. The third kappa shape index (κ3) is 3.45. The molecule has 0 aromatic heterocycles. The van der Waals surface area contributed by atoms with Gasteiger partial charge in [0.2, 0.25) is 0 Å². The summed E-state index contributed by atoms with van der Waals surface area (Å²) < 4.78 is 13.1. The average molecular weight is 287 g/mol. The molecule has 0 aliphatic carbocycles. The molecule has 0 saturated heterocycles. The van der Waals surface area contributed by atoms with Gasteiger partial charge in [-0.25, -0.2) is 9.18 Å². The Bertz CT molecular complexity index is 685. The molecule has 0 aliphatic rings. The van der Waals surface area contributed by atoms with Crippen molar-refractivity contribution >= 4 is 11.9 Å². The van der Waals surface area contributed by atoms with Crippen LogP contribution in [0.4, 0.5) is 4.39 Å². The van der Waals surface area contributed by atoms with E-state index >= 15 is 0 Å². The van der Waals surface area contributed by atoms with Crippen LogP contribution in [-0.4, -0.2) is 28.9 Å². The summed E-state index contributed by atoms with van der Waals surface area (Å²) in [6, 6.07) is 11.9. The van der Waals surface area contributed by atoms with E-state index in [2.05, 4.69) is 0 Å². The first-order chi connectivity index (χ1) is 9.99. The van der Waals surface area contributed by atoms with E-state index in [9.17, 15) is 14.0 Å². The zero-order valence-electron chi connectivity index (χ0n) is 11.4. The fraction of sp³-hybridized carbons (Fsp3) is 0.125. The molecule has 4 nitrogen and oxygen atoms in total. The predicted molar refractivity (Wildman–Crippen MR) is 75.6 cm³/mol. The van der Waals surface area contributed by atoms with Crippen molar-refractivity contribution in [2.24, 2.45) is 0 Å². The fourth-order valence-corrected chi connectivity index (χ4v) is 2.04. The van der Waals surface area contributed by atoms with Crippen LogP contribution in [0.25, 0.3) is 0 Å². The Labute approximate surface area is 121 Å². The van der Waals surface area contributed by atoms with E-state index in [1.165, 1.54) is 29.2 Å². The van der Waals surface area contributed by atoms with E-state index in [-0.39, 0.29) is 23.5 Å². The summed E-state index contributed by atoms with van der Waals surface area (Å²) in [5, 5.41) is 9.10. The van der Waals surface area contributed by atoms with E-state index in [1.807, 2.05) is 0 Å². The molecular weight excluding hydrogens is 273 g/mol. The fourth-order valence-electron chi connectivity index (χ4n) is 2.04. The van der Waals surface area contributed by atoms with Crippen molar-refractivity contribution in [1.82, 2.24) is 4.90 Å². The van der Waals surface area contributed by atoms with Gasteiger partial charge in [0, 0.05) is 13.6 Å². The van der Waals surface area contributed by atoms with Gasteiger partial charge >= 0.3 is 5.97 Å². The third-order valence-corrected chi connectivity index (χ3v) is 3.04. The van der Waals surface area contributed by atoms with Crippen molar-refractivity contribution in [2.75, 3.05) is 7.05 Å². The molecule has 1 amide bonds. The van der Waals surface area contributed by atoms with Gasteiger partial charge in [0.15, 0.2) is 0 Å². The number of carbonyl (C=O) groups is 2. The first-order valence-electron chi connectivity index (χ1n) is 6.31. The number of carbonyl (C=O) groups excluding carboxylic acids is 1. The Kier molecular flexibility index (Phi) is 4.33. The lowest BCUT2D eigenvalue weighted by Crippen LogP contribution is -2.27. The van der Waals surface area contributed by atoms with Gasteiger partial charge in [-0.05, 0) is 29.8 Å². The van der Waals surface area contributed by atoms with Gasteiger partial charge in [-0.1, -0.05) is 24.3 Å². The molecule has 0 saturated carbocycles. The van der Waals surface area contributed by atoms with Crippen LogP contribution in [0, 0.1) is 5.82 Å². The average Bonchev–Trinajstić information content (AvgIpc) is 2.46. The molecule has 2 aromatic carbocycles. The summed E-state index contributed by atoms with van der Waals surface area (Å²) >= 11 is 0. The molecule has 0 spiro atoms. The Hall–Kier alpha value is -2.69. The number of nitrogens with zero attached hydrogens (tertiary/aromatic N) is 1. The third-order valence-electron chi connectivity index (χ3n) is 3.04. The number of aromatic carboxylic acids is 1. The van der Waals surface area contributed by atoms with Crippen molar-refractivity contribution in [3.63, 3.8) is 0 Å². The number of amides is 1. The number of halogens is 1. The second-order valence-electron chi connectivity index (χ2n) is 4.64. The van der Waals surface area contributed by atoms with Crippen molar-refractivity contribution in [2.45, 2.75) is 6.54 Å². The molecule has 5 heteroatoms. The lowest BCUT2D eigenvalue weighted by atomic mass is 10.1. The van der Waals surface area contributed by atoms with E-state index in [0.29, 0.717) is 5.56 Å². The number of carboxylic acid groups (broad SMARTS) is 1. The second-order valence-corrected chi connectivity index (χ2v) is 4.64. The van der Waals surface area contributed by atoms with E-state index in [4.69, 9.17) is 5.11 Å². The zero-order valence-corrected chi connectivity index (χ0v) is 11.4. The smallest absolute Gasteiger partial charge is 0.336 e. The van der Waals surface area contributed by atoms with Gasteiger partial charge in [0.25, 0.3) is 5.91 Å². The second kappa shape index (κ2) is 6.17. The van der Waals surface area contributed by atoms with Crippen LogP contribution in [0.3, 0.4) is 0 Å². The quantitative estimate of drug-likeness (QED) is 0.940. The number of carboxylic acids is 1. The number of hydrogen-bond donors (Lipinski definition) is 1. The molecule has 0 radical (unpaired) electrons. The molecule has 1 N–H and O–H groups in total. The Balaban J connectivity index is 2.22. The summed E-state index contributed by atoms with van der Waals surface area (Å²) in [5.74, 6) is -1.95. The highest BCUT2D eigenvalue weighted by Gasteiger charge is 2.19. The van der Waals surface area contributed by atoms with Crippen LogP contribution in [0.2, 0.25) is 0 Å². The Morgan fingerprint density at radius 2 is 1.76 bits per heavy atom. The topological polar surface area (TPSA) is 57.6 Å². The molecule has 0 atom stereocenters. The molecular formula is C16H14FNO3. The van der Waals surface area contributed by atoms with Crippen molar-refractivity contribution < 1.29 is 19.1 Å². The first-order valence-corrected chi connectivity index (χ1v) is 6.31. The maximum Gasteiger partial charge on any atom is 0.336 e. The summed E-state index contributed by atoms with van der Waals surface area (Å²) in [7, 11) is 1.55. The summed E-state index contributed by atoms with van der Waals surface area (Å²) in [6.45, 7) is 0.199. The molecule has 0 unspecified atom stereocenters. The standard InChI is InChI=1S/C16H14FNO3/c1-18(10-11-5-4-6-12(17)9-11)15(19)13-7-2-3-8-14(13)16(20)21/h2-9H,10H2,1H3,(H,20,21). The molecule has 0 heterocycles. The highest BCUT2D eigenvalue weighted by Crippen LogP contribution is 2.14. The highest BCUT2D eigenvalue weighted by atomic mass is 19.1. The van der Waals surface area contributed by atoms with Crippen LogP contribution in [-0.2, 0) is 6.54 Å².